The van der Waals surface area contributed by atoms with Gasteiger partial charge in [0.1, 0.15) is 29.2 Å². The van der Waals surface area contributed by atoms with Crippen LogP contribution < -0.4 is 4.74 Å². The molecule has 0 N–H and O–H groups in total. The van der Waals surface area contributed by atoms with Crippen molar-refractivity contribution in [3.8, 4) is 22.7 Å². The standard InChI is InChI=1S/C28H25F2N3O3/c1-18-27(34)32(16-15-19-3-13-24(35-2)14-4-19)28(36-18)25-17-33(23-11-9-22(30)10-12-23)31-26(25)20-5-7-21(29)8-6-20/h3-14,17-18,28H,15-16H2,1-2H3/t18-,28+/m1/s1. The van der Waals surface area contributed by atoms with Crippen molar-refractivity contribution in [3.63, 3.8) is 0 Å². The topological polar surface area (TPSA) is 56.6 Å². The van der Waals surface area contributed by atoms with Gasteiger partial charge in [-0.05, 0) is 79.6 Å². The first-order chi connectivity index (χ1) is 17.4. The van der Waals surface area contributed by atoms with E-state index in [1.54, 1.807) is 54.1 Å². The fourth-order valence-corrected chi connectivity index (χ4v) is 4.31. The number of nitrogens with zero attached hydrogens (tertiary/aromatic N) is 3. The Morgan fingerprint density at radius 3 is 2.22 bits per heavy atom. The van der Waals surface area contributed by atoms with Gasteiger partial charge in [-0.1, -0.05) is 12.1 Å². The molecular weight excluding hydrogens is 464 g/mol. The summed E-state index contributed by atoms with van der Waals surface area (Å²) in [5, 5.41) is 4.72. The van der Waals surface area contributed by atoms with Crippen LogP contribution in [0.25, 0.3) is 16.9 Å². The van der Waals surface area contributed by atoms with E-state index in [1.807, 2.05) is 24.3 Å². The number of carbonyl (C=O) groups excluding carboxylic acids is 1. The molecule has 6 nitrogen and oxygen atoms in total. The van der Waals surface area contributed by atoms with Gasteiger partial charge in [-0.15, -0.1) is 0 Å². The summed E-state index contributed by atoms with van der Waals surface area (Å²) in [6.45, 7) is 2.16. The summed E-state index contributed by atoms with van der Waals surface area (Å²) in [5.74, 6) is -0.0653. The van der Waals surface area contributed by atoms with E-state index in [2.05, 4.69) is 0 Å². The Hall–Kier alpha value is -4.04. The minimum Gasteiger partial charge on any atom is -0.497 e. The number of rotatable bonds is 7. The van der Waals surface area contributed by atoms with Crippen molar-refractivity contribution in [2.75, 3.05) is 13.7 Å². The molecule has 0 bridgehead atoms. The summed E-state index contributed by atoms with van der Waals surface area (Å²) in [4.78, 5) is 14.8. The molecule has 0 spiro atoms. The number of halogens is 2. The van der Waals surface area contributed by atoms with Crippen LogP contribution in [-0.4, -0.2) is 40.3 Å². The normalized spacial score (nSPS) is 17.6. The molecule has 2 atom stereocenters. The second-order valence-electron chi connectivity index (χ2n) is 8.62. The predicted molar refractivity (Wildman–Crippen MR) is 131 cm³/mol. The number of hydrogen-bond acceptors (Lipinski definition) is 4. The Labute approximate surface area is 207 Å². The lowest BCUT2D eigenvalue weighted by molar-refractivity contribution is -0.130. The molecule has 0 unspecified atom stereocenters. The minimum atomic E-state index is -0.681. The van der Waals surface area contributed by atoms with Crippen molar-refractivity contribution < 1.29 is 23.0 Å². The van der Waals surface area contributed by atoms with Crippen LogP contribution >= 0.6 is 0 Å². The van der Waals surface area contributed by atoms with Gasteiger partial charge in [0.15, 0.2) is 6.23 Å². The summed E-state index contributed by atoms with van der Waals surface area (Å²) >= 11 is 0. The van der Waals surface area contributed by atoms with Crippen LogP contribution in [0.15, 0.2) is 79.0 Å². The number of amides is 1. The number of benzene rings is 3. The lowest BCUT2D eigenvalue weighted by Crippen LogP contribution is -2.32. The van der Waals surface area contributed by atoms with E-state index in [0.717, 1.165) is 11.3 Å². The minimum absolute atomic E-state index is 0.118. The molecule has 1 aliphatic rings. The molecule has 1 amide bonds. The molecule has 8 heteroatoms. The predicted octanol–water partition coefficient (Wildman–Crippen LogP) is 5.31. The van der Waals surface area contributed by atoms with E-state index in [-0.39, 0.29) is 17.5 Å². The number of carbonyl (C=O) groups is 1. The third-order valence-corrected chi connectivity index (χ3v) is 6.26. The Morgan fingerprint density at radius 2 is 1.58 bits per heavy atom. The molecule has 0 aliphatic carbocycles. The van der Waals surface area contributed by atoms with Crippen LogP contribution in [0, 0.1) is 11.6 Å². The first kappa shape index (κ1) is 23.7. The summed E-state index contributed by atoms with van der Waals surface area (Å²) in [5.41, 5.74) is 3.60. The van der Waals surface area contributed by atoms with Gasteiger partial charge in [0.25, 0.3) is 5.91 Å². The molecule has 1 aliphatic heterocycles. The average Bonchev–Trinajstić information content (AvgIpc) is 3.45. The highest BCUT2D eigenvalue weighted by Crippen LogP contribution is 2.37. The van der Waals surface area contributed by atoms with Gasteiger partial charge in [-0.3, -0.25) is 4.79 Å². The summed E-state index contributed by atoms with van der Waals surface area (Å²) in [6, 6.07) is 19.6. The highest BCUT2D eigenvalue weighted by Gasteiger charge is 2.40. The zero-order chi connectivity index (χ0) is 25.2. The van der Waals surface area contributed by atoms with Crippen LogP contribution in [0.5, 0.6) is 5.75 Å². The summed E-state index contributed by atoms with van der Waals surface area (Å²) < 4.78 is 40.1. The molecule has 184 valence electrons. The number of hydrogen-bond donors (Lipinski definition) is 0. The average molecular weight is 490 g/mol. The Morgan fingerprint density at radius 1 is 0.944 bits per heavy atom. The Kier molecular flexibility index (Phi) is 6.52. The van der Waals surface area contributed by atoms with Crippen LogP contribution in [0.4, 0.5) is 8.78 Å². The van der Waals surface area contributed by atoms with Crippen molar-refractivity contribution >= 4 is 5.91 Å². The van der Waals surface area contributed by atoms with Crippen molar-refractivity contribution in [2.24, 2.45) is 0 Å². The largest absolute Gasteiger partial charge is 0.497 e. The quantitative estimate of drug-likeness (QED) is 0.353. The maximum Gasteiger partial charge on any atom is 0.253 e. The van der Waals surface area contributed by atoms with Crippen LogP contribution in [0.3, 0.4) is 0 Å². The second kappa shape index (κ2) is 9.91. The third-order valence-electron chi connectivity index (χ3n) is 6.26. The van der Waals surface area contributed by atoms with E-state index < -0.39 is 12.3 Å². The van der Waals surface area contributed by atoms with Gasteiger partial charge in [0.05, 0.1) is 12.8 Å². The fraction of sp³-hybridized carbons (Fsp3) is 0.214. The molecule has 5 rings (SSSR count). The molecule has 0 saturated carbocycles. The lowest BCUT2D eigenvalue weighted by Gasteiger charge is -2.23. The molecule has 1 saturated heterocycles. The highest BCUT2D eigenvalue weighted by molar-refractivity contribution is 5.83. The van der Waals surface area contributed by atoms with Gasteiger partial charge in [0, 0.05) is 23.9 Å². The highest BCUT2D eigenvalue weighted by atomic mass is 19.1. The first-order valence-corrected chi connectivity index (χ1v) is 11.6. The molecule has 1 fully saturated rings. The maximum atomic E-state index is 13.6. The zero-order valence-corrected chi connectivity index (χ0v) is 19.9. The van der Waals surface area contributed by atoms with E-state index in [9.17, 15) is 13.6 Å². The van der Waals surface area contributed by atoms with Crippen LogP contribution in [-0.2, 0) is 16.0 Å². The SMILES string of the molecule is COc1ccc(CCN2C(=O)[C@@H](C)O[C@H]2c2cn(-c3ccc(F)cc3)nc2-c2ccc(F)cc2)cc1. The smallest absolute Gasteiger partial charge is 0.253 e. The molecule has 1 aromatic heterocycles. The monoisotopic (exact) mass is 489 g/mol. The van der Waals surface area contributed by atoms with E-state index in [0.29, 0.717) is 35.5 Å². The van der Waals surface area contributed by atoms with Crippen LogP contribution in [0.2, 0.25) is 0 Å². The maximum absolute atomic E-state index is 13.6. The van der Waals surface area contributed by atoms with Gasteiger partial charge >= 0.3 is 0 Å². The molecule has 2 heterocycles. The van der Waals surface area contributed by atoms with Crippen LogP contribution in [0.1, 0.15) is 24.3 Å². The van der Waals surface area contributed by atoms with Crippen molar-refractivity contribution in [2.45, 2.75) is 25.7 Å². The second-order valence-corrected chi connectivity index (χ2v) is 8.62. The first-order valence-electron chi connectivity index (χ1n) is 11.6. The van der Waals surface area contributed by atoms with E-state index >= 15 is 0 Å². The van der Waals surface area contributed by atoms with Crippen molar-refractivity contribution in [1.82, 2.24) is 14.7 Å². The Balaban J connectivity index is 1.51. The number of aromatic nitrogens is 2. The Bertz CT molecular complexity index is 1350. The molecule has 36 heavy (non-hydrogen) atoms. The molecule has 4 aromatic rings. The lowest BCUT2D eigenvalue weighted by atomic mass is 10.1. The zero-order valence-electron chi connectivity index (χ0n) is 19.9. The van der Waals surface area contributed by atoms with Gasteiger partial charge in [0.2, 0.25) is 0 Å². The van der Waals surface area contributed by atoms with Gasteiger partial charge in [-0.2, -0.15) is 5.10 Å². The number of ether oxygens (including phenoxy) is 2. The number of methoxy groups -OCH3 is 1. The fourth-order valence-electron chi connectivity index (χ4n) is 4.31. The molecule has 0 radical (unpaired) electrons. The third kappa shape index (κ3) is 4.72. The summed E-state index contributed by atoms with van der Waals surface area (Å²) in [6.07, 6.45) is 1.10. The van der Waals surface area contributed by atoms with E-state index in [4.69, 9.17) is 14.6 Å². The molecule has 3 aromatic carbocycles. The van der Waals surface area contributed by atoms with Gasteiger partial charge < -0.3 is 14.4 Å². The van der Waals surface area contributed by atoms with Crippen molar-refractivity contribution in [1.29, 1.82) is 0 Å². The van der Waals surface area contributed by atoms with Crippen molar-refractivity contribution in [3.05, 3.63) is 102 Å². The van der Waals surface area contributed by atoms with E-state index in [1.165, 1.54) is 24.3 Å². The summed E-state index contributed by atoms with van der Waals surface area (Å²) in [7, 11) is 1.62. The molecular formula is C28H25F2N3O3. The van der Waals surface area contributed by atoms with Gasteiger partial charge in [-0.25, -0.2) is 13.5 Å².